The van der Waals surface area contributed by atoms with Gasteiger partial charge in [0.05, 0.1) is 19.8 Å². The van der Waals surface area contributed by atoms with Crippen LogP contribution in [0.15, 0.2) is 24.3 Å². The standard InChI is InChI=1S/C12H17NO2/c1-14-11-4-2-3-10(7-11)8-12-9-13-5-6-15-12/h2-4,7,12-13H,5-6,8-9H2,1H3/t12-/m0/s1. The molecule has 0 aromatic heterocycles. The number of hydrogen-bond acceptors (Lipinski definition) is 3. The zero-order valence-corrected chi connectivity index (χ0v) is 9.03. The summed E-state index contributed by atoms with van der Waals surface area (Å²) < 4.78 is 10.8. The molecule has 0 amide bonds. The van der Waals surface area contributed by atoms with E-state index in [0.717, 1.165) is 31.9 Å². The van der Waals surface area contributed by atoms with Crippen LogP contribution in [0.1, 0.15) is 5.56 Å². The van der Waals surface area contributed by atoms with Crippen molar-refractivity contribution in [1.29, 1.82) is 0 Å². The van der Waals surface area contributed by atoms with Crippen molar-refractivity contribution in [3.8, 4) is 5.75 Å². The maximum absolute atomic E-state index is 5.65. The highest BCUT2D eigenvalue weighted by atomic mass is 16.5. The van der Waals surface area contributed by atoms with Crippen molar-refractivity contribution < 1.29 is 9.47 Å². The van der Waals surface area contributed by atoms with E-state index in [2.05, 4.69) is 17.4 Å². The van der Waals surface area contributed by atoms with Gasteiger partial charge in [0.2, 0.25) is 0 Å². The van der Waals surface area contributed by atoms with Crippen molar-refractivity contribution in [2.75, 3.05) is 26.8 Å². The number of rotatable bonds is 3. The Balaban J connectivity index is 1.96. The summed E-state index contributed by atoms with van der Waals surface area (Å²) in [5.41, 5.74) is 1.27. The van der Waals surface area contributed by atoms with Crippen LogP contribution in [0.3, 0.4) is 0 Å². The lowest BCUT2D eigenvalue weighted by Gasteiger charge is -2.23. The molecule has 1 fully saturated rings. The van der Waals surface area contributed by atoms with Crippen LogP contribution in [0.25, 0.3) is 0 Å². The molecule has 1 N–H and O–H groups in total. The fourth-order valence-electron chi connectivity index (χ4n) is 1.81. The Hall–Kier alpha value is -1.06. The third kappa shape index (κ3) is 2.94. The Labute approximate surface area is 90.4 Å². The van der Waals surface area contributed by atoms with E-state index in [1.54, 1.807) is 7.11 Å². The van der Waals surface area contributed by atoms with E-state index in [1.807, 2.05) is 12.1 Å². The molecule has 0 bridgehead atoms. The van der Waals surface area contributed by atoms with Gasteiger partial charge in [-0.2, -0.15) is 0 Å². The van der Waals surface area contributed by atoms with E-state index in [-0.39, 0.29) is 0 Å². The lowest BCUT2D eigenvalue weighted by molar-refractivity contribution is 0.0292. The largest absolute Gasteiger partial charge is 0.497 e. The van der Waals surface area contributed by atoms with Gasteiger partial charge in [-0.3, -0.25) is 0 Å². The summed E-state index contributed by atoms with van der Waals surface area (Å²) >= 11 is 0. The third-order valence-corrected chi connectivity index (χ3v) is 2.60. The van der Waals surface area contributed by atoms with Crippen molar-refractivity contribution in [2.24, 2.45) is 0 Å². The fraction of sp³-hybridized carbons (Fsp3) is 0.500. The number of morpholine rings is 1. The van der Waals surface area contributed by atoms with Gasteiger partial charge < -0.3 is 14.8 Å². The molecule has 0 radical (unpaired) electrons. The zero-order valence-electron chi connectivity index (χ0n) is 9.03. The third-order valence-electron chi connectivity index (χ3n) is 2.60. The molecule has 0 spiro atoms. The first-order chi connectivity index (χ1) is 7.38. The van der Waals surface area contributed by atoms with Crippen LogP contribution in [-0.4, -0.2) is 32.9 Å². The van der Waals surface area contributed by atoms with E-state index in [9.17, 15) is 0 Å². The fourth-order valence-corrected chi connectivity index (χ4v) is 1.81. The second-order valence-electron chi connectivity index (χ2n) is 3.75. The molecule has 82 valence electrons. The molecule has 1 aromatic carbocycles. The van der Waals surface area contributed by atoms with Crippen LogP contribution in [0, 0.1) is 0 Å². The monoisotopic (exact) mass is 207 g/mol. The molecule has 1 aromatic rings. The van der Waals surface area contributed by atoms with Gasteiger partial charge in [-0.1, -0.05) is 12.1 Å². The summed E-state index contributed by atoms with van der Waals surface area (Å²) in [7, 11) is 1.69. The highest BCUT2D eigenvalue weighted by Crippen LogP contribution is 2.15. The second kappa shape index (κ2) is 5.14. The minimum absolute atomic E-state index is 0.297. The molecular weight excluding hydrogens is 190 g/mol. The van der Waals surface area contributed by atoms with Crippen molar-refractivity contribution >= 4 is 0 Å². The van der Waals surface area contributed by atoms with Gasteiger partial charge in [0.15, 0.2) is 0 Å². The summed E-state index contributed by atoms with van der Waals surface area (Å²) in [5.74, 6) is 0.913. The smallest absolute Gasteiger partial charge is 0.119 e. The average molecular weight is 207 g/mol. The van der Waals surface area contributed by atoms with Gasteiger partial charge in [-0.25, -0.2) is 0 Å². The van der Waals surface area contributed by atoms with Gasteiger partial charge in [-0.15, -0.1) is 0 Å². The first kappa shape index (κ1) is 10.5. The molecule has 1 aliphatic rings. The SMILES string of the molecule is COc1cccc(C[C@H]2CNCCO2)c1. The number of ether oxygens (including phenoxy) is 2. The van der Waals surface area contributed by atoms with E-state index >= 15 is 0 Å². The maximum atomic E-state index is 5.65. The summed E-state index contributed by atoms with van der Waals surface area (Å²) in [6.07, 6.45) is 1.25. The van der Waals surface area contributed by atoms with Crippen LogP contribution >= 0.6 is 0 Å². The van der Waals surface area contributed by atoms with Gasteiger partial charge in [0.25, 0.3) is 0 Å². The Morgan fingerprint density at radius 2 is 2.47 bits per heavy atom. The maximum Gasteiger partial charge on any atom is 0.119 e. The van der Waals surface area contributed by atoms with Crippen molar-refractivity contribution in [3.05, 3.63) is 29.8 Å². The molecule has 15 heavy (non-hydrogen) atoms. The average Bonchev–Trinajstić information content (AvgIpc) is 2.31. The highest BCUT2D eigenvalue weighted by Gasteiger charge is 2.13. The summed E-state index contributed by atoms with van der Waals surface area (Å²) in [4.78, 5) is 0. The Morgan fingerprint density at radius 1 is 1.53 bits per heavy atom. The van der Waals surface area contributed by atoms with Crippen LogP contribution in [0.4, 0.5) is 0 Å². The predicted octanol–water partition coefficient (Wildman–Crippen LogP) is 1.23. The number of hydrogen-bond donors (Lipinski definition) is 1. The zero-order chi connectivity index (χ0) is 10.5. The molecule has 0 saturated carbocycles. The Bertz CT molecular complexity index is 308. The van der Waals surface area contributed by atoms with Crippen molar-refractivity contribution in [1.82, 2.24) is 5.32 Å². The molecule has 3 heteroatoms. The topological polar surface area (TPSA) is 30.5 Å². The van der Waals surface area contributed by atoms with Gasteiger partial charge in [-0.05, 0) is 17.7 Å². The summed E-state index contributed by atoms with van der Waals surface area (Å²) in [5, 5.41) is 3.33. The molecule has 0 unspecified atom stereocenters. The molecule has 0 aliphatic carbocycles. The number of methoxy groups -OCH3 is 1. The lowest BCUT2D eigenvalue weighted by Crippen LogP contribution is -2.39. The van der Waals surface area contributed by atoms with E-state index in [4.69, 9.17) is 9.47 Å². The first-order valence-electron chi connectivity index (χ1n) is 5.34. The van der Waals surface area contributed by atoms with Crippen molar-refractivity contribution in [2.45, 2.75) is 12.5 Å². The predicted molar refractivity (Wildman–Crippen MR) is 59.3 cm³/mol. The van der Waals surface area contributed by atoms with E-state index < -0.39 is 0 Å². The highest BCUT2D eigenvalue weighted by molar-refractivity contribution is 5.28. The number of benzene rings is 1. The van der Waals surface area contributed by atoms with Gasteiger partial charge in [0, 0.05) is 19.5 Å². The molecule has 1 heterocycles. The normalized spacial score (nSPS) is 21.3. The minimum Gasteiger partial charge on any atom is -0.497 e. The summed E-state index contributed by atoms with van der Waals surface area (Å²) in [6.45, 7) is 2.72. The first-order valence-corrected chi connectivity index (χ1v) is 5.34. The quantitative estimate of drug-likeness (QED) is 0.808. The Kier molecular flexibility index (Phi) is 3.59. The number of nitrogens with one attached hydrogen (secondary N) is 1. The molecular formula is C12H17NO2. The Morgan fingerprint density at radius 3 is 3.20 bits per heavy atom. The van der Waals surface area contributed by atoms with Gasteiger partial charge in [0.1, 0.15) is 5.75 Å². The second-order valence-corrected chi connectivity index (χ2v) is 3.75. The molecule has 2 rings (SSSR count). The molecule has 1 saturated heterocycles. The summed E-state index contributed by atoms with van der Waals surface area (Å²) in [6, 6.07) is 8.16. The minimum atomic E-state index is 0.297. The van der Waals surface area contributed by atoms with Crippen LogP contribution < -0.4 is 10.1 Å². The van der Waals surface area contributed by atoms with E-state index in [1.165, 1.54) is 5.56 Å². The van der Waals surface area contributed by atoms with Crippen LogP contribution in [0.5, 0.6) is 5.75 Å². The molecule has 1 atom stereocenters. The van der Waals surface area contributed by atoms with Gasteiger partial charge >= 0.3 is 0 Å². The van der Waals surface area contributed by atoms with Crippen LogP contribution in [-0.2, 0) is 11.2 Å². The van der Waals surface area contributed by atoms with Crippen LogP contribution in [0.2, 0.25) is 0 Å². The van der Waals surface area contributed by atoms with Crippen molar-refractivity contribution in [3.63, 3.8) is 0 Å². The lowest BCUT2D eigenvalue weighted by atomic mass is 10.1. The molecule has 3 nitrogen and oxygen atoms in total. The van der Waals surface area contributed by atoms with E-state index in [0.29, 0.717) is 6.10 Å². The molecule has 1 aliphatic heterocycles.